The van der Waals surface area contributed by atoms with E-state index in [4.69, 9.17) is 18.0 Å². The Morgan fingerprint density at radius 1 is 1.71 bits per heavy atom. The maximum absolute atomic E-state index is 8.91. The third-order valence-corrected chi connectivity index (χ3v) is 0. The van der Waals surface area contributed by atoms with Gasteiger partial charge >= 0.3 is 30.5 Å². The zero-order valence-corrected chi connectivity index (χ0v) is 5.12. The second kappa shape index (κ2) is 9.17. The van der Waals surface area contributed by atoms with E-state index in [0.717, 1.165) is 6.26 Å². The van der Waals surface area contributed by atoms with Gasteiger partial charge in [0.15, 0.2) is 0 Å². The molecule has 0 saturated carbocycles. The molecule has 0 aliphatic rings. The van der Waals surface area contributed by atoms with Gasteiger partial charge in [-0.2, -0.15) is 5.26 Å². The molecule has 4 nitrogen and oxygen atoms in total. The first kappa shape index (κ1) is 9.81. The van der Waals surface area contributed by atoms with Crippen molar-refractivity contribution in [2.45, 2.75) is 0 Å². The van der Waals surface area contributed by atoms with Crippen LogP contribution in [0, 0.1) is 11.5 Å². The molecule has 0 saturated heterocycles. The molecule has 6 heteroatoms. The number of nitriles is 1. The fraction of sp³-hybridized carbons (Fsp3) is 0. The van der Waals surface area contributed by atoms with E-state index >= 15 is 0 Å². The Balaban J connectivity index is 0. The Bertz CT molecular complexity index is 142. The predicted molar refractivity (Wildman–Crippen MR) is 16.5 cm³/mol. The summed E-state index contributed by atoms with van der Waals surface area (Å²) >= 11 is -2.96. The molecule has 0 rings (SSSR count). The van der Waals surface area contributed by atoms with Crippen molar-refractivity contribution in [3.05, 3.63) is 0 Å². The van der Waals surface area contributed by atoms with Crippen LogP contribution in [0.2, 0.25) is 0 Å². The first-order valence-electron chi connectivity index (χ1n) is 0.947. The molecule has 0 heterocycles. The van der Waals surface area contributed by atoms with Gasteiger partial charge in [0.05, 0.1) is 0 Å². The van der Waals surface area contributed by atoms with Crippen LogP contribution in [-0.4, -0.2) is 5.11 Å². The molecule has 0 bridgehead atoms. The molecule has 1 N–H and O–H groups in total. The van der Waals surface area contributed by atoms with Gasteiger partial charge in [0.2, 0.25) is 0 Å². The average molecular weight is 159 g/mol. The zero-order chi connectivity index (χ0) is 6.28. The number of nitrogens with zero attached hydrogens (tertiary/aromatic N) is 1. The number of hydrogen-bond acceptors (Lipinski definition) is 5. The van der Waals surface area contributed by atoms with Crippen molar-refractivity contribution >= 4 is 10.5 Å². The molecular weight excluding hydrogens is 158 g/mol. The Morgan fingerprint density at radius 3 is 1.71 bits per heavy atom. The van der Waals surface area contributed by atoms with E-state index in [1.54, 1.807) is 0 Å². The maximum atomic E-state index is 8.91. The summed E-state index contributed by atoms with van der Waals surface area (Å²) in [4.78, 5) is 0. The summed E-state index contributed by atoms with van der Waals surface area (Å²) in [7, 11) is 3.63. The molecule has 0 fully saturated rings. The second-order valence-electron chi connectivity index (χ2n) is 0.304. The molecule has 0 unspecified atom stereocenters. The fourth-order valence-electron chi connectivity index (χ4n) is 0. The topological polar surface area (TPSA) is 78.2 Å². The molecule has 7 heavy (non-hydrogen) atoms. The molecule has 0 aliphatic carbocycles. The van der Waals surface area contributed by atoms with Crippen molar-refractivity contribution in [1.82, 2.24) is 0 Å². The fourth-order valence-corrected chi connectivity index (χ4v) is 0. The molecule has 40 valence electrons. The average Bonchev–Trinajstić information content (AvgIpc) is 1.33. The van der Waals surface area contributed by atoms with Crippen LogP contribution >= 0.6 is 10.5 Å². The zero-order valence-electron chi connectivity index (χ0n) is 3.03. The molecule has 0 aliphatic heterocycles. The summed E-state index contributed by atoms with van der Waals surface area (Å²) in [6, 6.07) is 0. The molecule has 0 amide bonds. The van der Waals surface area contributed by atoms with Crippen LogP contribution in [0.4, 0.5) is 0 Å². The van der Waals surface area contributed by atoms with Gasteiger partial charge in [0, 0.05) is 0 Å². The quantitative estimate of drug-likeness (QED) is 0.512. The normalized spacial score (nSPS) is 4.43. The van der Waals surface area contributed by atoms with E-state index in [9.17, 15) is 0 Å². The van der Waals surface area contributed by atoms with Gasteiger partial charge in [-0.15, -0.1) is 0 Å². The van der Waals surface area contributed by atoms with Gasteiger partial charge < -0.3 is 5.11 Å². The molecule has 0 aromatic rings. The third-order valence-electron chi connectivity index (χ3n) is 0. The van der Waals surface area contributed by atoms with Gasteiger partial charge in [0.25, 0.3) is 6.26 Å². The Hall–Kier alpha value is -0.358. The third kappa shape index (κ3) is 586. The number of aliphatic hydroxyl groups excluding tert-OH is 1. The van der Waals surface area contributed by atoms with Gasteiger partial charge in [-0.05, 0) is 0 Å². The number of hydrogen-bond donors (Lipinski definition) is 1. The number of aliphatic hydroxyl groups is 1. The van der Waals surface area contributed by atoms with Crippen LogP contribution < -0.4 is 0 Å². The first-order chi connectivity index (χ1) is 3.15. The summed E-state index contributed by atoms with van der Waals surface area (Å²) in [5, 5.41) is 13.8. The van der Waals surface area contributed by atoms with Crippen LogP contribution in [0.3, 0.4) is 0 Å². The van der Waals surface area contributed by atoms with Crippen LogP contribution in [0.5, 0.6) is 0 Å². The van der Waals surface area contributed by atoms with Crippen molar-refractivity contribution in [3.63, 3.8) is 0 Å². The van der Waals surface area contributed by atoms with Crippen LogP contribution in [0.15, 0.2) is 0 Å². The summed E-state index contributed by atoms with van der Waals surface area (Å²) < 4.78 is 17.8. The van der Waals surface area contributed by atoms with Gasteiger partial charge in [-0.25, -0.2) is 0 Å². The minimum absolute atomic E-state index is 0.750. The molecule has 0 aromatic carbocycles. The molecule has 0 aromatic heterocycles. The van der Waals surface area contributed by atoms with Crippen molar-refractivity contribution in [2.24, 2.45) is 0 Å². The summed E-state index contributed by atoms with van der Waals surface area (Å²) in [6.07, 6.45) is 0.750. The van der Waals surface area contributed by atoms with E-state index in [0.29, 0.717) is 0 Å². The molecule has 0 atom stereocenters. The van der Waals surface area contributed by atoms with E-state index in [-0.39, 0.29) is 0 Å². The number of rotatable bonds is 0. The van der Waals surface area contributed by atoms with Crippen molar-refractivity contribution in [1.29, 1.82) is 5.26 Å². The van der Waals surface area contributed by atoms with Crippen molar-refractivity contribution in [3.8, 4) is 6.26 Å². The van der Waals surface area contributed by atoms with E-state index in [1.165, 1.54) is 0 Å². The monoisotopic (exact) mass is 159 g/mol. The van der Waals surface area contributed by atoms with E-state index in [1.807, 2.05) is 0 Å². The van der Waals surface area contributed by atoms with E-state index in [2.05, 4.69) is 10.5 Å². The molecular formula is CHCrNO3S. The Morgan fingerprint density at radius 2 is 1.71 bits per heavy atom. The SMILES string of the molecule is N#CO.[O]=[Cr](=[O])=[S]. The van der Waals surface area contributed by atoms with Gasteiger partial charge in [-0.1, -0.05) is 0 Å². The van der Waals surface area contributed by atoms with Crippen LogP contribution in [0.25, 0.3) is 0 Å². The Labute approximate surface area is 47.6 Å². The van der Waals surface area contributed by atoms with Crippen molar-refractivity contribution in [2.75, 3.05) is 0 Å². The minimum atomic E-state index is -2.96. The second-order valence-corrected chi connectivity index (χ2v) is 2.06. The first-order valence-corrected chi connectivity index (χ1v) is 3.88. The van der Waals surface area contributed by atoms with Crippen LogP contribution in [0.1, 0.15) is 0 Å². The van der Waals surface area contributed by atoms with Gasteiger partial charge in [-0.3, -0.25) is 0 Å². The molecule has 0 radical (unpaired) electrons. The van der Waals surface area contributed by atoms with Gasteiger partial charge in [0.1, 0.15) is 0 Å². The van der Waals surface area contributed by atoms with E-state index < -0.39 is 12.4 Å². The Kier molecular flexibility index (Phi) is 12.8. The summed E-state index contributed by atoms with van der Waals surface area (Å²) in [5.74, 6) is 0. The standard InChI is InChI=1S/CHNO.Cr.2O.S/c2-1-3;;;;/h3H;;;;. The summed E-state index contributed by atoms with van der Waals surface area (Å²) in [5.41, 5.74) is 0. The van der Waals surface area contributed by atoms with Crippen molar-refractivity contribution < 1.29 is 25.1 Å². The predicted octanol–water partition coefficient (Wildman–Crippen LogP) is 0.248. The summed E-state index contributed by atoms with van der Waals surface area (Å²) in [6.45, 7) is 0. The molecule has 0 spiro atoms. The van der Waals surface area contributed by atoms with Crippen LogP contribution in [-0.2, 0) is 20.0 Å².